The molecule has 0 spiro atoms. The number of carbonyl (C=O) groups is 1. The zero-order chi connectivity index (χ0) is 30.1. The zero-order valence-electron chi connectivity index (χ0n) is 23.9. The Morgan fingerprint density at radius 2 is 1.72 bits per heavy atom. The highest BCUT2D eigenvalue weighted by molar-refractivity contribution is 7.99. The van der Waals surface area contributed by atoms with Gasteiger partial charge in [0.1, 0.15) is 11.5 Å². The molecule has 2 aromatic heterocycles. The van der Waals surface area contributed by atoms with Gasteiger partial charge in [0.25, 0.3) is 5.56 Å². The molecule has 2 aliphatic heterocycles. The molecule has 12 heteroatoms. The molecule has 3 aliphatic rings. The number of likely N-dealkylation sites (tertiary alicyclic amines) is 1. The van der Waals surface area contributed by atoms with E-state index in [2.05, 4.69) is 15.2 Å². The normalized spacial score (nSPS) is 23.8. The number of carbonyl (C=O) groups excluding carboxylic acids is 1. The largest absolute Gasteiger partial charge is 0.353 e. The molecular formula is C31H36Cl2FN5O3S. The third-order valence-corrected chi connectivity index (χ3v) is 10.9. The topological polar surface area (TPSA) is 89.2 Å². The predicted molar refractivity (Wildman–Crippen MR) is 170 cm³/mol. The van der Waals surface area contributed by atoms with Crippen molar-refractivity contribution in [2.45, 2.75) is 76.0 Å². The molecule has 0 radical (unpaired) electrons. The summed E-state index contributed by atoms with van der Waals surface area (Å²) in [6, 6.07) is 6.47. The van der Waals surface area contributed by atoms with Gasteiger partial charge < -0.3 is 5.32 Å². The van der Waals surface area contributed by atoms with Crippen molar-refractivity contribution in [1.29, 1.82) is 0 Å². The van der Waals surface area contributed by atoms with Gasteiger partial charge in [0.2, 0.25) is 5.91 Å². The maximum atomic E-state index is 14.2. The van der Waals surface area contributed by atoms with Crippen molar-refractivity contribution in [2.75, 3.05) is 24.6 Å². The number of rotatable bonds is 6. The highest BCUT2D eigenvalue weighted by Gasteiger charge is 2.32. The summed E-state index contributed by atoms with van der Waals surface area (Å²) < 4.78 is 17.2. The van der Waals surface area contributed by atoms with Crippen molar-refractivity contribution < 1.29 is 9.18 Å². The molecule has 1 N–H and O–H groups in total. The van der Waals surface area contributed by atoms with Crippen LogP contribution in [-0.2, 0) is 11.3 Å². The standard InChI is InChI=1S/C31H36Cl2FN5O3S/c32-26-8-3-19(14-27(26)33)17-37-11-1-2-20(18-37)29(40)36-22-4-6-23(7-5-22)39-30(41)25-15-21(34)16-35-28(25)38(31(39)42)24-9-12-43-13-10-24/h3,8,14-16,20,22-24H,1-2,4-7,9-13,17-18H2,(H,36,40)/t20-,22-,23+/m1/s1. The van der Waals surface area contributed by atoms with E-state index in [1.165, 1.54) is 10.6 Å². The lowest BCUT2D eigenvalue weighted by molar-refractivity contribution is -0.127. The Morgan fingerprint density at radius 1 is 0.977 bits per heavy atom. The minimum Gasteiger partial charge on any atom is -0.353 e. The summed E-state index contributed by atoms with van der Waals surface area (Å²) in [5, 5.41) is 4.46. The van der Waals surface area contributed by atoms with Gasteiger partial charge in [0.15, 0.2) is 0 Å². The van der Waals surface area contributed by atoms with E-state index < -0.39 is 11.4 Å². The molecule has 1 aliphatic carbocycles. The van der Waals surface area contributed by atoms with Gasteiger partial charge in [0.05, 0.1) is 27.5 Å². The second-order valence-electron chi connectivity index (χ2n) is 12.0. The monoisotopic (exact) mass is 647 g/mol. The summed E-state index contributed by atoms with van der Waals surface area (Å²) in [5.41, 5.74) is 0.499. The third-order valence-electron chi connectivity index (χ3n) is 9.15. The number of halogens is 3. The minimum absolute atomic E-state index is 0.0120. The smallest absolute Gasteiger partial charge is 0.333 e. The van der Waals surface area contributed by atoms with E-state index in [-0.39, 0.29) is 46.7 Å². The van der Waals surface area contributed by atoms with Crippen LogP contribution in [0.1, 0.15) is 69.0 Å². The number of aromatic nitrogens is 3. The fourth-order valence-electron chi connectivity index (χ4n) is 6.91. The second-order valence-corrected chi connectivity index (χ2v) is 14.1. The number of fused-ring (bicyclic) bond motifs is 1. The number of benzene rings is 1. The molecule has 2 saturated heterocycles. The lowest BCUT2D eigenvalue weighted by atomic mass is 9.89. The Bertz CT molecular complexity index is 1620. The van der Waals surface area contributed by atoms with E-state index >= 15 is 0 Å². The summed E-state index contributed by atoms with van der Waals surface area (Å²) in [6.07, 6.45) is 6.98. The van der Waals surface area contributed by atoms with Gasteiger partial charge in [-0.05, 0) is 93.2 Å². The van der Waals surface area contributed by atoms with Crippen molar-refractivity contribution in [3.8, 4) is 0 Å². The quantitative estimate of drug-likeness (QED) is 0.376. The Labute approximate surface area is 263 Å². The Morgan fingerprint density at radius 3 is 2.47 bits per heavy atom. The zero-order valence-corrected chi connectivity index (χ0v) is 26.3. The van der Waals surface area contributed by atoms with Crippen LogP contribution in [0, 0.1) is 11.7 Å². The van der Waals surface area contributed by atoms with Crippen LogP contribution in [-0.4, -0.2) is 55.6 Å². The van der Waals surface area contributed by atoms with E-state index in [9.17, 15) is 18.8 Å². The summed E-state index contributed by atoms with van der Waals surface area (Å²) in [5.74, 6) is 1.23. The van der Waals surface area contributed by atoms with Crippen molar-refractivity contribution in [3.63, 3.8) is 0 Å². The maximum Gasteiger partial charge on any atom is 0.333 e. The highest BCUT2D eigenvalue weighted by Crippen LogP contribution is 2.31. The number of amides is 1. The van der Waals surface area contributed by atoms with Crippen LogP contribution in [0.5, 0.6) is 0 Å². The minimum atomic E-state index is -0.592. The molecule has 230 valence electrons. The lowest BCUT2D eigenvalue weighted by Gasteiger charge is -2.35. The van der Waals surface area contributed by atoms with Crippen molar-refractivity contribution in [2.24, 2.45) is 5.92 Å². The molecule has 1 atom stereocenters. The molecule has 1 saturated carbocycles. The molecule has 43 heavy (non-hydrogen) atoms. The molecule has 1 amide bonds. The number of hydrogen-bond acceptors (Lipinski definition) is 6. The van der Waals surface area contributed by atoms with Gasteiger partial charge in [-0.1, -0.05) is 29.3 Å². The molecule has 6 rings (SSSR count). The third kappa shape index (κ3) is 6.67. The van der Waals surface area contributed by atoms with Crippen LogP contribution in [0.4, 0.5) is 4.39 Å². The highest BCUT2D eigenvalue weighted by atomic mass is 35.5. The fourth-order valence-corrected chi connectivity index (χ4v) is 8.31. The first-order valence-corrected chi connectivity index (χ1v) is 17.1. The van der Waals surface area contributed by atoms with Crippen LogP contribution in [0.15, 0.2) is 40.1 Å². The first-order chi connectivity index (χ1) is 20.8. The van der Waals surface area contributed by atoms with Crippen molar-refractivity contribution in [3.05, 3.63) is 72.7 Å². The molecule has 0 bridgehead atoms. The van der Waals surface area contributed by atoms with E-state index in [4.69, 9.17) is 23.2 Å². The first-order valence-electron chi connectivity index (χ1n) is 15.1. The number of thioether (sulfide) groups is 1. The summed E-state index contributed by atoms with van der Waals surface area (Å²) in [4.78, 5) is 47.2. The van der Waals surface area contributed by atoms with Gasteiger partial charge in [-0.15, -0.1) is 0 Å². The van der Waals surface area contributed by atoms with Crippen molar-refractivity contribution in [1.82, 2.24) is 24.3 Å². The predicted octanol–water partition coefficient (Wildman–Crippen LogP) is 5.58. The molecule has 4 heterocycles. The molecule has 3 aromatic rings. The average molecular weight is 649 g/mol. The SMILES string of the molecule is O=C(N[C@H]1CC[C@@H](n2c(=O)c3cc(F)cnc3n(C3CCSCC3)c2=O)CC1)[C@@H]1CCCN(Cc2ccc(Cl)c(Cl)c2)C1. The lowest BCUT2D eigenvalue weighted by Crippen LogP contribution is -2.48. The van der Waals surface area contributed by atoms with Gasteiger partial charge in [-0.2, -0.15) is 11.8 Å². The summed E-state index contributed by atoms with van der Waals surface area (Å²) in [7, 11) is 0. The van der Waals surface area contributed by atoms with Crippen LogP contribution in [0.2, 0.25) is 10.0 Å². The van der Waals surface area contributed by atoms with Crippen LogP contribution >= 0.6 is 35.0 Å². The van der Waals surface area contributed by atoms with Crippen molar-refractivity contribution >= 4 is 51.9 Å². The Balaban J connectivity index is 1.12. The van der Waals surface area contributed by atoms with E-state index in [1.54, 1.807) is 10.6 Å². The molecular weight excluding hydrogens is 612 g/mol. The second kappa shape index (κ2) is 13.3. The number of nitrogens with zero attached hydrogens (tertiary/aromatic N) is 4. The Hall–Kier alpha value is -2.40. The molecule has 8 nitrogen and oxygen atoms in total. The summed E-state index contributed by atoms with van der Waals surface area (Å²) >= 11 is 14.1. The number of pyridine rings is 1. The van der Waals surface area contributed by atoms with Gasteiger partial charge in [-0.3, -0.25) is 23.6 Å². The van der Waals surface area contributed by atoms with E-state index in [1.807, 2.05) is 23.9 Å². The number of piperidine rings is 1. The first kappa shape index (κ1) is 30.6. The Kier molecular flexibility index (Phi) is 9.47. The van der Waals surface area contributed by atoms with Gasteiger partial charge in [0, 0.05) is 31.2 Å². The van der Waals surface area contributed by atoms with Crippen LogP contribution < -0.4 is 16.6 Å². The average Bonchev–Trinajstić information content (AvgIpc) is 3.01. The van der Waals surface area contributed by atoms with Gasteiger partial charge in [-0.25, -0.2) is 14.2 Å². The molecule has 1 aromatic carbocycles. The van der Waals surface area contributed by atoms with Gasteiger partial charge >= 0.3 is 5.69 Å². The number of hydrogen-bond donors (Lipinski definition) is 1. The maximum absolute atomic E-state index is 14.2. The molecule has 0 unspecified atom stereocenters. The number of nitrogens with one attached hydrogen (secondary N) is 1. The van der Waals surface area contributed by atoms with E-state index in [0.29, 0.717) is 48.8 Å². The fraction of sp³-hybridized carbons (Fsp3) is 0.548. The van der Waals surface area contributed by atoms with E-state index in [0.717, 1.165) is 55.5 Å². The van der Waals surface area contributed by atoms with Crippen LogP contribution in [0.25, 0.3) is 11.0 Å². The van der Waals surface area contributed by atoms with Crippen LogP contribution in [0.3, 0.4) is 0 Å². The molecule has 3 fully saturated rings. The summed E-state index contributed by atoms with van der Waals surface area (Å²) in [6.45, 7) is 2.31.